The SMILES string of the molecule is CCCCCCOCc1cc(Br)cc(C#Cc2cccc(C#Cc3cc(Br)cc(COCCCCCC)c3)c2)c1. The molecular formula is C36H40Br2O2. The van der Waals surface area contributed by atoms with Gasteiger partial charge in [-0.15, -0.1) is 0 Å². The van der Waals surface area contributed by atoms with Crippen molar-refractivity contribution in [2.75, 3.05) is 13.2 Å². The zero-order valence-electron chi connectivity index (χ0n) is 23.8. The largest absolute Gasteiger partial charge is 0.377 e. The molecule has 2 nitrogen and oxygen atoms in total. The number of hydrogen-bond acceptors (Lipinski definition) is 2. The molecule has 40 heavy (non-hydrogen) atoms. The van der Waals surface area contributed by atoms with Crippen LogP contribution in [0.2, 0.25) is 0 Å². The number of hydrogen-bond donors (Lipinski definition) is 0. The number of ether oxygens (including phenoxy) is 2. The van der Waals surface area contributed by atoms with E-state index in [0.29, 0.717) is 13.2 Å². The fourth-order valence-electron chi connectivity index (χ4n) is 4.22. The molecule has 210 valence electrons. The molecule has 0 radical (unpaired) electrons. The maximum absolute atomic E-state index is 5.88. The first-order valence-corrected chi connectivity index (χ1v) is 16.0. The molecule has 0 saturated carbocycles. The summed E-state index contributed by atoms with van der Waals surface area (Å²) in [7, 11) is 0. The first-order chi connectivity index (χ1) is 19.6. The van der Waals surface area contributed by atoms with E-state index in [9.17, 15) is 0 Å². The third-order valence-corrected chi connectivity index (χ3v) is 7.22. The van der Waals surface area contributed by atoms with E-state index in [2.05, 4.69) is 93.7 Å². The molecular weight excluding hydrogens is 624 g/mol. The molecule has 0 unspecified atom stereocenters. The summed E-state index contributed by atoms with van der Waals surface area (Å²) in [6, 6.07) is 20.6. The minimum Gasteiger partial charge on any atom is -0.377 e. The van der Waals surface area contributed by atoms with Crippen LogP contribution in [0.3, 0.4) is 0 Å². The van der Waals surface area contributed by atoms with Crippen LogP contribution < -0.4 is 0 Å². The number of rotatable bonds is 14. The third-order valence-electron chi connectivity index (χ3n) is 6.30. The molecule has 0 amide bonds. The van der Waals surface area contributed by atoms with Crippen molar-refractivity contribution in [2.45, 2.75) is 78.4 Å². The van der Waals surface area contributed by atoms with Gasteiger partial charge < -0.3 is 9.47 Å². The third kappa shape index (κ3) is 12.9. The molecule has 3 aromatic carbocycles. The average molecular weight is 665 g/mol. The molecule has 4 heteroatoms. The van der Waals surface area contributed by atoms with Crippen molar-refractivity contribution in [1.29, 1.82) is 0 Å². The Balaban J connectivity index is 1.61. The Morgan fingerprint density at radius 1 is 0.525 bits per heavy atom. The van der Waals surface area contributed by atoms with Gasteiger partial charge in [0.1, 0.15) is 0 Å². The number of benzene rings is 3. The average Bonchev–Trinajstić information content (AvgIpc) is 2.94. The second-order valence-electron chi connectivity index (χ2n) is 10.0. The molecule has 0 fully saturated rings. The Labute approximate surface area is 258 Å². The number of halogens is 2. The van der Waals surface area contributed by atoms with Crippen molar-refractivity contribution in [2.24, 2.45) is 0 Å². The van der Waals surface area contributed by atoms with Crippen LogP contribution in [0, 0.1) is 23.7 Å². The Kier molecular flexibility index (Phi) is 15.2. The van der Waals surface area contributed by atoms with Crippen molar-refractivity contribution in [3.63, 3.8) is 0 Å². The molecule has 3 rings (SSSR count). The van der Waals surface area contributed by atoms with E-state index in [4.69, 9.17) is 9.47 Å². The molecule has 0 aromatic heterocycles. The summed E-state index contributed by atoms with van der Waals surface area (Å²) in [5.41, 5.74) is 6.06. The summed E-state index contributed by atoms with van der Waals surface area (Å²) in [5, 5.41) is 0. The molecule has 0 saturated heterocycles. The minimum absolute atomic E-state index is 0.605. The fraction of sp³-hybridized carbons (Fsp3) is 0.389. The molecule has 0 aliphatic rings. The summed E-state index contributed by atoms with van der Waals surface area (Å²) in [6.45, 7) is 7.26. The first-order valence-electron chi connectivity index (χ1n) is 14.4. The lowest BCUT2D eigenvalue weighted by atomic mass is 10.1. The van der Waals surface area contributed by atoms with Crippen LogP contribution >= 0.6 is 31.9 Å². The normalized spacial score (nSPS) is 10.5. The van der Waals surface area contributed by atoms with E-state index in [0.717, 1.165) is 68.4 Å². The van der Waals surface area contributed by atoms with Crippen molar-refractivity contribution >= 4 is 31.9 Å². The summed E-state index contributed by atoms with van der Waals surface area (Å²) in [5.74, 6) is 13.2. The quantitative estimate of drug-likeness (QED) is 0.126. The van der Waals surface area contributed by atoms with Crippen LogP contribution in [0.4, 0.5) is 0 Å². The van der Waals surface area contributed by atoms with Gasteiger partial charge in [-0.25, -0.2) is 0 Å². The van der Waals surface area contributed by atoms with Crippen molar-refractivity contribution in [3.8, 4) is 23.7 Å². The summed E-state index contributed by atoms with van der Waals surface area (Å²) >= 11 is 7.24. The van der Waals surface area contributed by atoms with Crippen LogP contribution in [0.5, 0.6) is 0 Å². The van der Waals surface area contributed by atoms with Crippen molar-refractivity contribution in [3.05, 3.63) is 103 Å². The number of unbranched alkanes of at least 4 members (excludes halogenated alkanes) is 6. The maximum atomic E-state index is 5.88. The van der Waals surface area contributed by atoms with Crippen LogP contribution in [0.1, 0.15) is 98.6 Å². The van der Waals surface area contributed by atoms with E-state index in [1.165, 1.54) is 38.5 Å². The lowest BCUT2D eigenvalue weighted by Crippen LogP contribution is -1.96. The summed E-state index contributed by atoms with van der Waals surface area (Å²) in [6.07, 6.45) is 9.71. The fourth-order valence-corrected chi connectivity index (χ4v) is 5.30. The van der Waals surface area contributed by atoms with Gasteiger partial charge in [0.15, 0.2) is 0 Å². The van der Waals surface area contributed by atoms with Gasteiger partial charge in [0.2, 0.25) is 0 Å². The minimum atomic E-state index is 0.605. The van der Waals surface area contributed by atoms with Gasteiger partial charge in [-0.05, 0) is 78.6 Å². The zero-order valence-corrected chi connectivity index (χ0v) is 27.0. The van der Waals surface area contributed by atoms with Crippen LogP contribution in [0.25, 0.3) is 0 Å². The van der Waals surface area contributed by atoms with Gasteiger partial charge in [0.05, 0.1) is 13.2 Å². The predicted octanol–water partition coefficient (Wildman–Crippen LogP) is 10.2. The lowest BCUT2D eigenvalue weighted by Gasteiger charge is -2.06. The summed E-state index contributed by atoms with van der Waals surface area (Å²) in [4.78, 5) is 0. The zero-order chi connectivity index (χ0) is 28.4. The molecule has 0 bridgehead atoms. The van der Waals surface area contributed by atoms with E-state index < -0.39 is 0 Å². The molecule has 0 spiro atoms. The first kappa shape index (κ1) is 32.2. The smallest absolute Gasteiger partial charge is 0.0717 e. The van der Waals surface area contributed by atoms with E-state index in [1.807, 2.05) is 36.4 Å². The Bertz CT molecular complexity index is 1230. The monoisotopic (exact) mass is 662 g/mol. The van der Waals surface area contributed by atoms with Gasteiger partial charge in [-0.1, -0.05) is 114 Å². The van der Waals surface area contributed by atoms with E-state index >= 15 is 0 Å². The van der Waals surface area contributed by atoms with Crippen LogP contribution in [0.15, 0.2) is 69.6 Å². The Morgan fingerprint density at radius 3 is 1.43 bits per heavy atom. The predicted molar refractivity (Wildman–Crippen MR) is 174 cm³/mol. The van der Waals surface area contributed by atoms with E-state index in [1.54, 1.807) is 0 Å². The van der Waals surface area contributed by atoms with Gasteiger partial charge in [0.25, 0.3) is 0 Å². The molecule has 0 heterocycles. The second-order valence-corrected chi connectivity index (χ2v) is 11.8. The van der Waals surface area contributed by atoms with Gasteiger partial charge in [-0.3, -0.25) is 0 Å². The van der Waals surface area contributed by atoms with Gasteiger partial charge in [0, 0.05) is 44.4 Å². The Hall–Kier alpha value is -2.34. The van der Waals surface area contributed by atoms with E-state index in [-0.39, 0.29) is 0 Å². The van der Waals surface area contributed by atoms with Crippen LogP contribution in [-0.4, -0.2) is 13.2 Å². The molecule has 0 atom stereocenters. The molecule has 0 N–H and O–H groups in total. The second kappa shape index (κ2) is 18.9. The van der Waals surface area contributed by atoms with Crippen molar-refractivity contribution < 1.29 is 9.47 Å². The van der Waals surface area contributed by atoms with Crippen molar-refractivity contribution in [1.82, 2.24) is 0 Å². The topological polar surface area (TPSA) is 18.5 Å². The lowest BCUT2D eigenvalue weighted by molar-refractivity contribution is 0.116. The maximum Gasteiger partial charge on any atom is 0.0717 e. The molecule has 0 aliphatic carbocycles. The highest BCUT2D eigenvalue weighted by Gasteiger charge is 2.01. The highest BCUT2D eigenvalue weighted by molar-refractivity contribution is 9.10. The summed E-state index contributed by atoms with van der Waals surface area (Å²) < 4.78 is 13.8. The van der Waals surface area contributed by atoms with Gasteiger partial charge >= 0.3 is 0 Å². The van der Waals surface area contributed by atoms with Crippen LogP contribution in [-0.2, 0) is 22.7 Å². The van der Waals surface area contributed by atoms with Gasteiger partial charge in [-0.2, -0.15) is 0 Å². The molecule has 3 aromatic rings. The Morgan fingerprint density at radius 2 is 0.975 bits per heavy atom. The molecule has 0 aliphatic heterocycles. The standard InChI is InChI=1S/C36H40Br2O2/c1-3-5-7-9-18-39-27-33-21-31(23-35(37)25-33)16-14-29-12-11-13-30(20-29)15-17-32-22-34(26-36(38)24-32)28-40-19-10-8-6-4-2/h11-13,20-26H,3-10,18-19,27-28H2,1-2H3. The highest BCUT2D eigenvalue weighted by atomic mass is 79.9. The highest BCUT2D eigenvalue weighted by Crippen LogP contribution is 2.18.